The molecule has 10 nitrogen and oxygen atoms in total. The molecule has 3 fully saturated rings. The van der Waals surface area contributed by atoms with Gasteiger partial charge >= 0.3 is 6.01 Å². The van der Waals surface area contributed by atoms with Crippen LogP contribution in [0.1, 0.15) is 58.2 Å². The van der Waals surface area contributed by atoms with Gasteiger partial charge in [0.1, 0.15) is 11.6 Å². The van der Waals surface area contributed by atoms with Gasteiger partial charge in [-0.2, -0.15) is 4.98 Å². The molecule has 0 aliphatic carbocycles. The summed E-state index contributed by atoms with van der Waals surface area (Å²) in [6.07, 6.45) is 3.06. The van der Waals surface area contributed by atoms with Crippen molar-refractivity contribution in [2.45, 2.75) is 76.5 Å². The number of pyridine rings is 1. The smallest absolute Gasteiger partial charge is 0.324 e. The van der Waals surface area contributed by atoms with E-state index < -0.39 is 31.0 Å². The molecule has 208 valence electrons. The Hall–Kier alpha value is -3.02. The van der Waals surface area contributed by atoms with E-state index in [1.807, 2.05) is 30.9 Å². The van der Waals surface area contributed by atoms with Gasteiger partial charge in [-0.3, -0.25) is 4.79 Å². The van der Waals surface area contributed by atoms with Crippen LogP contribution in [0.3, 0.4) is 0 Å². The lowest BCUT2D eigenvalue weighted by Gasteiger charge is -2.37. The third-order valence-electron chi connectivity index (χ3n) is 7.95. The number of hydrogen-bond acceptors (Lipinski definition) is 9. The molecular formula is C26H37F2N7O3. The van der Waals surface area contributed by atoms with E-state index in [-0.39, 0.29) is 24.3 Å². The Bertz CT molecular complexity index is 1100. The van der Waals surface area contributed by atoms with Crippen LogP contribution in [0.5, 0.6) is 5.75 Å². The van der Waals surface area contributed by atoms with E-state index in [0.717, 1.165) is 31.8 Å². The number of nitrogens with two attached hydrogens (primary N) is 1. The van der Waals surface area contributed by atoms with Crippen LogP contribution in [0.25, 0.3) is 0 Å². The number of amides is 1. The van der Waals surface area contributed by atoms with Gasteiger partial charge in [-0.25, -0.2) is 13.8 Å². The van der Waals surface area contributed by atoms with Crippen molar-refractivity contribution in [2.24, 2.45) is 11.7 Å². The zero-order chi connectivity index (χ0) is 27.0. The summed E-state index contributed by atoms with van der Waals surface area (Å²) in [6.45, 7) is 8.08. The van der Waals surface area contributed by atoms with Gasteiger partial charge in [0.05, 0.1) is 24.9 Å². The predicted molar refractivity (Wildman–Crippen MR) is 138 cm³/mol. The van der Waals surface area contributed by atoms with Crippen LogP contribution in [0.4, 0.5) is 20.6 Å². The number of ether oxygens (including phenoxy) is 1. The molecule has 2 unspecified atom stereocenters. The number of likely N-dealkylation sites (tertiary alicyclic amines) is 1. The summed E-state index contributed by atoms with van der Waals surface area (Å²) in [6, 6.07) is 3.44. The number of carbonyl (C=O) groups excluding carboxylic acids is 1. The molecule has 3 aliphatic rings. The van der Waals surface area contributed by atoms with Crippen molar-refractivity contribution in [3.63, 3.8) is 0 Å². The maximum atomic E-state index is 13.9. The summed E-state index contributed by atoms with van der Waals surface area (Å²) >= 11 is 0. The Kier molecular flexibility index (Phi) is 7.43. The van der Waals surface area contributed by atoms with Gasteiger partial charge < -0.3 is 29.7 Å². The summed E-state index contributed by atoms with van der Waals surface area (Å²) in [5, 5.41) is 4.06. The third kappa shape index (κ3) is 5.69. The third-order valence-corrected chi connectivity index (χ3v) is 7.95. The van der Waals surface area contributed by atoms with Gasteiger partial charge in [0.2, 0.25) is 5.91 Å². The molecule has 0 radical (unpaired) electrons. The van der Waals surface area contributed by atoms with Gasteiger partial charge in [0.15, 0.2) is 5.82 Å². The van der Waals surface area contributed by atoms with Crippen LogP contribution in [-0.2, 0) is 4.79 Å². The molecule has 5 heterocycles. The predicted octanol–water partition coefficient (Wildman–Crippen LogP) is 3.05. The first-order chi connectivity index (χ1) is 18.1. The average Bonchev–Trinajstić information content (AvgIpc) is 3.54. The van der Waals surface area contributed by atoms with Gasteiger partial charge in [0.25, 0.3) is 5.92 Å². The zero-order valence-electron chi connectivity index (χ0n) is 22.2. The highest BCUT2D eigenvalue weighted by molar-refractivity contribution is 5.78. The van der Waals surface area contributed by atoms with Crippen LogP contribution < -0.4 is 20.3 Å². The molecule has 5 rings (SSSR count). The number of carbonyl (C=O) groups is 1. The molecule has 0 saturated carbocycles. The van der Waals surface area contributed by atoms with Crippen molar-refractivity contribution in [2.75, 3.05) is 42.5 Å². The second kappa shape index (κ2) is 10.6. The van der Waals surface area contributed by atoms with Crippen LogP contribution in [0.15, 0.2) is 22.9 Å². The number of nitrogens with zero attached hydrogens (tertiary/aromatic N) is 6. The van der Waals surface area contributed by atoms with Gasteiger partial charge in [-0.15, -0.1) is 0 Å². The Morgan fingerprint density at radius 2 is 1.92 bits per heavy atom. The first-order valence-corrected chi connectivity index (χ1v) is 13.5. The highest BCUT2D eigenvalue weighted by atomic mass is 19.3. The molecule has 3 aliphatic heterocycles. The van der Waals surface area contributed by atoms with E-state index in [1.165, 1.54) is 4.90 Å². The molecular weight excluding hydrogens is 496 g/mol. The van der Waals surface area contributed by atoms with Crippen LogP contribution in [-0.4, -0.2) is 82.8 Å². The molecule has 1 amide bonds. The lowest BCUT2D eigenvalue weighted by Crippen LogP contribution is -2.56. The quantitative estimate of drug-likeness (QED) is 0.574. The molecule has 2 N–H and O–H groups in total. The number of aromatic nitrogens is 3. The number of anilines is 2. The Labute approximate surface area is 221 Å². The molecule has 38 heavy (non-hydrogen) atoms. The number of rotatable bonds is 7. The SMILES string of the molecule is CC(C)c1noc(N2CCC([C@H](C)Oc3ccc(N4CC(N)C(N5CC(F)(F)CCC5=O)C4)nc3)CC2)n1. The molecule has 3 saturated heterocycles. The van der Waals surface area contributed by atoms with E-state index in [0.29, 0.717) is 36.6 Å². The minimum atomic E-state index is -2.87. The Balaban J connectivity index is 1.13. The zero-order valence-corrected chi connectivity index (χ0v) is 22.2. The monoisotopic (exact) mass is 533 g/mol. The lowest BCUT2D eigenvalue weighted by molar-refractivity contribution is -0.150. The van der Waals surface area contributed by atoms with Crippen molar-refractivity contribution in [3.8, 4) is 5.75 Å². The molecule has 2 aromatic rings. The van der Waals surface area contributed by atoms with Crippen molar-refractivity contribution < 1.29 is 22.8 Å². The van der Waals surface area contributed by atoms with Crippen LogP contribution in [0.2, 0.25) is 0 Å². The van der Waals surface area contributed by atoms with Crippen molar-refractivity contribution in [3.05, 3.63) is 24.2 Å². The number of alkyl halides is 2. The molecule has 12 heteroatoms. The number of hydrogen-bond donors (Lipinski definition) is 1. The first-order valence-electron chi connectivity index (χ1n) is 13.5. The fraction of sp³-hybridized carbons (Fsp3) is 0.692. The second-order valence-electron chi connectivity index (χ2n) is 11.1. The topological polar surface area (TPSA) is 114 Å². The first kappa shape index (κ1) is 26.6. The second-order valence-corrected chi connectivity index (χ2v) is 11.1. The fourth-order valence-electron chi connectivity index (χ4n) is 5.57. The van der Waals surface area contributed by atoms with Crippen molar-refractivity contribution >= 4 is 17.7 Å². The minimum Gasteiger partial charge on any atom is -0.489 e. The van der Waals surface area contributed by atoms with Gasteiger partial charge in [-0.05, 0) is 37.8 Å². The summed E-state index contributed by atoms with van der Waals surface area (Å²) in [5.74, 6) is -0.420. The standard InChI is InChI=1S/C26H37F2N7O3/c1-16(2)24-31-25(38-32-24)33-10-7-18(8-11-33)17(3)37-19-4-5-22(30-12-19)34-13-20(29)21(14-34)35-15-26(27,28)9-6-23(35)36/h4-5,12,16-18,20-21H,6-11,13-15,29H2,1-3H3/t17-,20?,21?/m0/s1. The van der Waals surface area contributed by atoms with Gasteiger partial charge in [0, 0.05) is 51.0 Å². The van der Waals surface area contributed by atoms with E-state index in [4.69, 9.17) is 15.0 Å². The average molecular weight is 534 g/mol. The molecule has 2 aromatic heterocycles. The van der Waals surface area contributed by atoms with E-state index in [1.54, 1.807) is 6.20 Å². The highest BCUT2D eigenvalue weighted by Crippen LogP contribution is 2.32. The lowest BCUT2D eigenvalue weighted by atomic mass is 9.92. The van der Waals surface area contributed by atoms with E-state index >= 15 is 0 Å². The Morgan fingerprint density at radius 1 is 1.16 bits per heavy atom. The van der Waals surface area contributed by atoms with Crippen molar-refractivity contribution in [1.29, 1.82) is 0 Å². The summed E-state index contributed by atoms with van der Waals surface area (Å²) < 4.78 is 39.5. The molecule has 0 spiro atoms. The largest absolute Gasteiger partial charge is 0.489 e. The molecule has 3 atom stereocenters. The van der Waals surface area contributed by atoms with E-state index in [2.05, 4.69) is 26.9 Å². The maximum absolute atomic E-state index is 13.9. The van der Waals surface area contributed by atoms with Crippen LogP contribution in [0, 0.1) is 5.92 Å². The number of halogens is 2. The maximum Gasteiger partial charge on any atom is 0.324 e. The Morgan fingerprint density at radius 3 is 2.58 bits per heavy atom. The highest BCUT2D eigenvalue weighted by Gasteiger charge is 2.45. The van der Waals surface area contributed by atoms with Crippen molar-refractivity contribution in [1.82, 2.24) is 20.0 Å². The minimum absolute atomic E-state index is 0.00933. The molecule has 0 bridgehead atoms. The van der Waals surface area contributed by atoms with E-state index in [9.17, 15) is 13.6 Å². The summed E-state index contributed by atoms with van der Waals surface area (Å²) in [5.41, 5.74) is 6.28. The summed E-state index contributed by atoms with van der Waals surface area (Å²) in [7, 11) is 0. The molecule has 0 aromatic carbocycles. The normalized spacial score (nSPS) is 25.3. The number of piperidine rings is 2. The van der Waals surface area contributed by atoms with Gasteiger partial charge in [-0.1, -0.05) is 19.0 Å². The summed E-state index contributed by atoms with van der Waals surface area (Å²) in [4.78, 5) is 26.7. The fourth-order valence-corrected chi connectivity index (χ4v) is 5.57. The van der Waals surface area contributed by atoms with Crippen LogP contribution >= 0.6 is 0 Å².